The molecule has 0 fully saturated rings. The van der Waals surface area contributed by atoms with Gasteiger partial charge in [0.05, 0.1) is 22.8 Å². The summed E-state index contributed by atoms with van der Waals surface area (Å²) in [5.74, 6) is 0.0438. The van der Waals surface area contributed by atoms with Gasteiger partial charge in [0.2, 0.25) is 11.8 Å². The third-order valence-electron chi connectivity index (χ3n) is 11.9. The summed E-state index contributed by atoms with van der Waals surface area (Å²) in [7, 11) is 0. The first-order valence-electron chi connectivity index (χ1n) is 21.2. The first kappa shape index (κ1) is 41.6. The zero-order chi connectivity index (χ0) is 42.2. The molecule has 0 aliphatic carbocycles. The van der Waals surface area contributed by atoms with Gasteiger partial charge in [-0.25, -0.2) is 9.97 Å². The molecule has 4 N–H and O–H groups in total. The monoisotopic (exact) mass is 796 g/mol. The molecule has 2 aliphatic heterocycles. The largest absolute Gasteiger partial charge is 0.356 e. The third kappa shape index (κ3) is 9.50. The number of aromatic nitrogens is 4. The summed E-state index contributed by atoms with van der Waals surface area (Å²) in [5.41, 5.74) is 17.7. The lowest BCUT2D eigenvalue weighted by atomic mass is 10.00. The van der Waals surface area contributed by atoms with Crippen LogP contribution in [0.25, 0.3) is 50.4 Å². The van der Waals surface area contributed by atoms with Crippen molar-refractivity contribution < 1.29 is 9.59 Å². The number of hydrogen-bond donors (Lipinski definition) is 4. The van der Waals surface area contributed by atoms with Gasteiger partial charge in [0, 0.05) is 59.1 Å². The number of rotatable bonds is 16. The van der Waals surface area contributed by atoms with E-state index in [1.807, 2.05) is 48.6 Å². The number of hydrogen-bond acceptors (Lipinski definition) is 4. The van der Waals surface area contributed by atoms with Crippen molar-refractivity contribution in [3.63, 3.8) is 0 Å². The van der Waals surface area contributed by atoms with Crippen molar-refractivity contribution in [3.05, 3.63) is 160 Å². The Morgan fingerprint density at radius 3 is 1.72 bits per heavy atom. The summed E-state index contributed by atoms with van der Waals surface area (Å²) >= 11 is 0. The number of nitrogens with one attached hydrogen (secondary N) is 4. The van der Waals surface area contributed by atoms with E-state index in [0.717, 1.165) is 115 Å². The summed E-state index contributed by atoms with van der Waals surface area (Å²) in [5, 5.41) is 6.28. The first-order chi connectivity index (χ1) is 29.1. The van der Waals surface area contributed by atoms with Gasteiger partial charge < -0.3 is 20.6 Å². The molecular formula is C52H56N6O2. The van der Waals surface area contributed by atoms with Crippen LogP contribution in [0.15, 0.2) is 104 Å². The molecule has 7 rings (SSSR count). The Morgan fingerprint density at radius 1 is 0.583 bits per heavy atom. The van der Waals surface area contributed by atoms with Gasteiger partial charge in [-0.2, -0.15) is 0 Å². The molecule has 3 aromatic heterocycles. The minimum atomic E-state index is 0.0198. The summed E-state index contributed by atoms with van der Waals surface area (Å²) in [4.78, 5) is 44.2. The van der Waals surface area contributed by atoms with Gasteiger partial charge in [-0.3, -0.25) is 9.59 Å². The van der Waals surface area contributed by atoms with Gasteiger partial charge in [0.15, 0.2) is 0 Å². The van der Waals surface area contributed by atoms with Crippen LogP contribution in [0.3, 0.4) is 0 Å². The van der Waals surface area contributed by atoms with Crippen LogP contribution in [-0.2, 0) is 28.9 Å². The molecule has 2 aromatic carbocycles. The average Bonchev–Trinajstić information content (AvgIpc) is 3.92. The SMILES string of the molecule is C=CC1=C(C)c2cc3[nH]c(cc4nc(cc5[nH]c(cc1n2)c(C)c5C=C)C(C)=C4CCC(=O)NCCCc1ccccc1)c(CCC(=O)NCCCc1ccccc1)c3C. The molecule has 0 atom stereocenters. The van der Waals surface area contributed by atoms with Gasteiger partial charge >= 0.3 is 0 Å². The van der Waals surface area contributed by atoms with Crippen molar-refractivity contribution in [1.29, 1.82) is 0 Å². The van der Waals surface area contributed by atoms with Crippen molar-refractivity contribution >= 4 is 62.2 Å². The van der Waals surface area contributed by atoms with Crippen molar-refractivity contribution in [2.75, 3.05) is 13.1 Å². The molecule has 5 aromatic rings. The van der Waals surface area contributed by atoms with E-state index >= 15 is 0 Å². The molecule has 8 bridgehead atoms. The number of aryl methyl sites for hydroxylation is 5. The fourth-order valence-corrected chi connectivity index (χ4v) is 8.29. The number of carbonyl (C=O) groups excluding carboxylic acids is 2. The van der Waals surface area contributed by atoms with E-state index in [-0.39, 0.29) is 11.8 Å². The number of amides is 2. The van der Waals surface area contributed by atoms with Gasteiger partial charge in [0.25, 0.3) is 0 Å². The summed E-state index contributed by atoms with van der Waals surface area (Å²) < 4.78 is 0. The number of benzene rings is 2. The zero-order valence-electron chi connectivity index (χ0n) is 35.4. The Kier molecular flexibility index (Phi) is 13.2. The zero-order valence-corrected chi connectivity index (χ0v) is 35.4. The smallest absolute Gasteiger partial charge is 0.220 e. The Bertz CT molecular complexity index is 2660. The second-order valence-corrected chi connectivity index (χ2v) is 15.8. The maximum absolute atomic E-state index is 13.3. The molecule has 0 unspecified atom stereocenters. The maximum atomic E-state index is 13.3. The van der Waals surface area contributed by atoms with Crippen molar-refractivity contribution in [1.82, 2.24) is 30.6 Å². The Labute approximate surface area is 353 Å². The standard InChI is InChI=1S/C52H56N6O2/c1-7-39-33(3)43-29-44-35(5)41(23-25-51(59)53-27-15-21-37-17-11-9-12-18-37)49(57-44)32-50-42(24-26-52(60)54-28-16-22-38-19-13-10-14-20-38)36(6)46(58-50)31-48-40(8-2)34(4)45(56-48)30-47(39)55-43/h7-14,17-20,29-32,56-57H,1-2,15-16,21-28H2,3-6H3,(H,53,59)(H,54,60). The molecule has 0 saturated heterocycles. The summed E-state index contributed by atoms with van der Waals surface area (Å²) in [6.45, 7) is 17.9. The lowest BCUT2D eigenvalue weighted by Gasteiger charge is -2.08. The minimum absolute atomic E-state index is 0.0198. The number of allylic oxidation sites excluding steroid dienone is 5. The minimum Gasteiger partial charge on any atom is -0.356 e. The molecule has 2 amide bonds. The van der Waals surface area contributed by atoms with Crippen molar-refractivity contribution in [3.8, 4) is 0 Å². The van der Waals surface area contributed by atoms with E-state index in [2.05, 4.69) is 110 Å². The molecule has 8 heteroatoms. The average molecular weight is 797 g/mol. The molecule has 0 spiro atoms. The highest BCUT2D eigenvalue weighted by Gasteiger charge is 2.21. The van der Waals surface area contributed by atoms with Crippen LogP contribution in [0.2, 0.25) is 0 Å². The Hall–Kier alpha value is -6.54. The van der Waals surface area contributed by atoms with E-state index in [4.69, 9.17) is 9.97 Å². The van der Waals surface area contributed by atoms with E-state index in [1.54, 1.807) is 0 Å². The van der Waals surface area contributed by atoms with Crippen LogP contribution in [0, 0.1) is 13.8 Å². The number of H-pyrrole nitrogens is 2. The van der Waals surface area contributed by atoms with Crippen LogP contribution in [-0.4, -0.2) is 44.8 Å². The Morgan fingerprint density at radius 2 is 1.10 bits per heavy atom. The van der Waals surface area contributed by atoms with Crippen molar-refractivity contribution in [2.24, 2.45) is 0 Å². The molecule has 0 radical (unpaired) electrons. The van der Waals surface area contributed by atoms with E-state index < -0.39 is 0 Å². The predicted octanol–water partition coefficient (Wildman–Crippen LogP) is 10.8. The highest BCUT2D eigenvalue weighted by atomic mass is 16.2. The van der Waals surface area contributed by atoms with Crippen LogP contribution >= 0.6 is 0 Å². The fraction of sp³-hybridized carbons (Fsp3) is 0.269. The van der Waals surface area contributed by atoms with Gasteiger partial charge in [0.1, 0.15) is 0 Å². The lowest BCUT2D eigenvalue weighted by Crippen LogP contribution is -2.25. The second kappa shape index (κ2) is 19.0. The lowest BCUT2D eigenvalue weighted by molar-refractivity contribution is -0.121. The number of fused-ring (bicyclic) bond motifs is 8. The van der Waals surface area contributed by atoms with E-state index in [1.165, 1.54) is 11.1 Å². The van der Waals surface area contributed by atoms with E-state index in [0.29, 0.717) is 38.8 Å². The highest BCUT2D eigenvalue weighted by Crippen LogP contribution is 2.36. The van der Waals surface area contributed by atoms with Crippen LogP contribution in [0.4, 0.5) is 0 Å². The quantitative estimate of drug-likeness (QED) is 0.0744. The van der Waals surface area contributed by atoms with Gasteiger partial charge in [-0.1, -0.05) is 86.0 Å². The first-order valence-corrected chi connectivity index (χ1v) is 21.2. The van der Waals surface area contributed by atoms with Gasteiger partial charge in [-0.05, 0) is 135 Å². The van der Waals surface area contributed by atoms with Crippen LogP contribution in [0.1, 0.15) is 102 Å². The number of nitrogens with zero attached hydrogens (tertiary/aromatic N) is 2. The molecular weight excluding hydrogens is 741 g/mol. The van der Waals surface area contributed by atoms with Gasteiger partial charge in [-0.15, -0.1) is 0 Å². The molecule has 8 nitrogen and oxygen atoms in total. The van der Waals surface area contributed by atoms with E-state index in [9.17, 15) is 9.59 Å². The van der Waals surface area contributed by atoms with Crippen LogP contribution < -0.4 is 10.6 Å². The second-order valence-electron chi connectivity index (χ2n) is 15.8. The van der Waals surface area contributed by atoms with Crippen molar-refractivity contribution in [2.45, 2.75) is 79.1 Å². The molecule has 2 aliphatic rings. The summed E-state index contributed by atoms with van der Waals surface area (Å²) in [6, 6.07) is 29.1. The normalized spacial score (nSPS) is 12.5. The molecule has 5 heterocycles. The molecule has 0 saturated carbocycles. The molecule has 60 heavy (non-hydrogen) atoms. The number of carbonyl (C=O) groups is 2. The molecule has 306 valence electrons. The number of aromatic amines is 2. The topological polar surface area (TPSA) is 116 Å². The maximum Gasteiger partial charge on any atom is 0.220 e. The predicted molar refractivity (Wildman–Crippen MR) is 249 cm³/mol. The summed E-state index contributed by atoms with van der Waals surface area (Å²) in [6.07, 6.45) is 9.10. The Balaban J connectivity index is 1.25. The fourth-order valence-electron chi connectivity index (χ4n) is 8.29. The third-order valence-corrected chi connectivity index (χ3v) is 11.9. The highest BCUT2D eigenvalue weighted by molar-refractivity contribution is 5.98. The van der Waals surface area contributed by atoms with Crippen LogP contribution in [0.5, 0.6) is 0 Å².